The lowest BCUT2D eigenvalue weighted by Crippen LogP contribution is -2.12. The molecule has 0 saturated carbocycles. The van der Waals surface area contributed by atoms with E-state index in [2.05, 4.69) is 0 Å². The molecule has 1 aliphatic carbocycles. The van der Waals surface area contributed by atoms with Gasteiger partial charge in [-0.05, 0) is 34.9 Å². The Labute approximate surface area is 205 Å². The molecule has 4 aromatic rings. The minimum atomic E-state index is -0.423. The molecule has 3 nitrogen and oxygen atoms in total. The molecule has 35 heavy (non-hydrogen) atoms. The number of allylic oxidation sites excluding steroid dienone is 3. The highest BCUT2D eigenvalue weighted by molar-refractivity contribution is 6.02. The molecule has 0 heterocycles. The van der Waals surface area contributed by atoms with Gasteiger partial charge >= 0.3 is 5.97 Å². The van der Waals surface area contributed by atoms with Gasteiger partial charge in [0.2, 0.25) is 0 Å². The number of benzene rings is 4. The Morgan fingerprint density at radius 1 is 0.600 bits per heavy atom. The third kappa shape index (κ3) is 4.90. The van der Waals surface area contributed by atoms with E-state index >= 15 is 0 Å². The molecule has 0 amide bonds. The topological polar surface area (TPSA) is 43.4 Å². The van der Waals surface area contributed by atoms with Gasteiger partial charge in [-0.25, -0.2) is 4.79 Å². The lowest BCUT2D eigenvalue weighted by molar-refractivity contribution is 0.0639. The van der Waals surface area contributed by atoms with Gasteiger partial charge in [-0.2, -0.15) is 0 Å². The van der Waals surface area contributed by atoms with Crippen molar-refractivity contribution in [2.24, 2.45) is 5.92 Å². The average molecular weight is 457 g/mol. The number of rotatable bonds is 7. The van der Waals surface area contributed by atoms with Crippen LogP contribution in [0.3, 0.4) is 0 Å². The van der Waals surface area contributed by atoms with Crippen molar-refractivity contribution in [3.63, 3.8) is 0 Å². The molecule has 3 heteroatoms. The molecular formula is C32H24O3. The second-order valence-electron chi connectivity index (χ2n) is 8.41. The Morgan fingerprint density at radius 2 is 1.09 bits per heavy atom. The summed E-state index contributed by atoms with van der Waals surface area (Å²) in [6.07, 6.45) is 2.18. The van der Waals surface area contributed by atoms with Crippen LogP contribution in [0.2, 0.25) is 0 Å². The molecule has 1 atom stereocenters. The zero-order valence-corrected chi connectivity index (χ0v) is 19.1. The second-order valence-corrected chi connectivity index (χ2v) is 8.41. The molecule has 0 aliphatic heterocycles. The highest BCUT2D eigenvalue weighted by atomic mass is 16.5. The monoisotopic (exact) mass is 456 g/mol. The van der Waals surface area contributed by atoms with Gasteiger partial charge in [0, 0.05) is 23.5 Å². The van der Waals surface area contributed by atoms with Crippen molar-refractivity contribution in [3.05, 3.63) is 155 Å². The van der Waals surface area contributed by atoms with Crippen molar-refractivity contribution in [1.82, 2.24) is 0 Å². The molecule has 0 radical (unpaired) electrons. The highest BCUT2D eigenvalue weighted by Crippen LogP contribution is 2.46. The summed E-state index contributed by atoms with van der Waals surface area (Å²) in [6.45, 7) is 0. The molecule has 0 fully saturated rings. The summed E-state index contributed by atoms with van der Waals surface area (Å²) < 4.78 is 5.99. The highest BCUT2D eigenvalue weighted by Gasteiger charge is 2.34. The summed E-state index contributed by atoms with van der Waals surface area (Å²) in [6, 6.07) is 38.1. The quantitative estimate of drug-likeness (QED) is 0.217. The van der Waals surface area contributed by atoms with Gasteiger partial charge in [0.1, 0.15) is 5.76 Å². The number of carbonyl (C=O) groups excluding carboxylic acids is 2. The maximum Gasteiger partial charge on any atom is 0.343 e. The SMILES string of the molecule is O=C(C[C@H]1C(c2ccccc2)=CC(OC(=O)c2ccccc2)=C1c1ccccc1)c1ccccc1. The van der Waals surface area contributed by atoms with Crippen LogP contribution in [-0.2, 0) is 4.74 Å². The smallest absolute Gasteiger partial charge is 0.343 e. The molecular weight excluding hydrogens is 432 g/mol. The molecule has 0 saturated heterocycles. The van der Waals surface area contributed by atoms with Crippen LogP contribution >= 0.6 is 0 Å². The number of Topliss-reactive ketones (excluding diaryl/α,β-unsaturated/α-hetero) is 1. The van der Waals surface area contributed by atoms with Crippen LogP contribution < -0.4 is 0 Å². The summed E-state index contributed by atoms with van der Waals surface area (Å²) in [5.74, 6) is -0.157. The van der Waals surface area contributed by atoms with Crippen molar-refractivity contribution in [2.45, 2.75) is 6.42 Å². The van der Waals surface area contributed by atoms with E-state index in [0.29, 0.717) is 16.9 Å². The zero-order chi connectivity index (χ0) is 24.0. The standard InChI is InChI=1S/C32H24O3/c33-29(24-15-7-2-8-16-24)21-28-27(23-13-5-1-6-14-23)22-30(31(28)25-17-9-3-10-18-25)35-32(34)26-19-11-4-12-20-26/h1-20,22,28H,21H2/t28-/m0/s1. The summed E-state index contributed by atoms with van der Waals surface area (Å²) >= 11 is 0. The fourth-order valence-corrected chi connectivity index (χ4v) is 4.48. The normalized spacial score (nSPS) is 15.0. The molecule has 0 aromatic heterocycles. The predicted octanol–water partition coefficient (Wildman–Crippen LogP) is 7.24. The first-order valence-corrected chi connectivity index (χ1v) is 11.6. The van der Waals surface area contributed by atoms with E-state index in [-0.39, 0.29) is 18.1 Å². The molecule has 0 spiro atoms. The molecule has 5 rings (SSSR count). The first kappa shape index (κ1) is 22.3. The summed E-state index contributed by atoms with van der Waals surface area (Å²) in [5.41, 5.74) is 4.88. The van der Waals surface area contributed by atoms with E-state index in [1.807, 2.05) is 115 Å². The van der Waals surface area contributed by atoms with Crippen molar-refractivity contribution in [2.75, 3.05) is 0 Å². The number of esters is 1. The minimum absolute atomic E-state index is 0.0431. The Bertz CT molecular complexity index is 1390. The average Bonchev–Trinajstić information content (AvgIpc) is 3.28. The van der Waals surface area contributed by atoms with Gasteiger partial charge in [-0.1, -0.05) is 109 Å². The number of ether oxygens (including phenoxy) is 1. The van der Waals surface area contributed by atoms with E-state index in [0.717, 1.165) is 22.3 Å². The molecule has 0 bridgehead atoms. The van der Waals surface area contributed by atoms with Crippen molar-refractivity contribution < 1.29 is 14.3 Å². The lowest BCUT2D eigenvalue weighted by Gasteiger charge is -2.20. The summed E-state index contributed by atoms with van der Waals surface area (Å²) in [4.78, 5) is 26.4. The minimum Gasteiger partial charge on any atom is -0.423 e. The summed E-state index contributed by atoms with van der Waals surface area (Å²) in [5, 5.41) is 0. The third-order valence-corrected chi connectivity index (χ3v) is 6.17. The van der Waals surface area contributed by atoms with Gasteiger partial charge in [-0.15, -0.1) is 0 Å². The molecule has 4 aromatic carbocycles. The van der Waals surface area contributed by atoms with Crippen molar-refractivity contribution in [3.8, 4) is 0 Å². The first-order valence-electron chi connectivity index (χ1n) is 11.6. The van der Waals surface area contributed by atoms with Crippen LogP contribution in [0.4, 0.5) is 0 Å². The fraction of sp³-hybridized carbons (Fsp3) is 0.0625. The molecule has 1 aliphatic rings. The maximum absolute atomic E-state index is 13.3. The van der Waals surface area contributed by atoms with Crippen LogP contribution in [0.5, 0.6) is 0 Å². The van der Waals surface area contributed by atoms with Gasteiger partial charge in [-0.3, -0.25) is 4.79 Å². The van der Waals surface area contributed by atoms with Crippen molar-refractivity contribution >= 4 is 22.9 Å². The Kier molecular flexibility index (Phi) is 6.49. The number of carbonyl (C=O) groups is 2. The van der Waals surface area contributed by atoms with Crippen LogP contribution in [0.15, 0.2) is 133 Å². The molecule has 170 valence electrons. The van der Waals surface area contributed by atoms with Crippen molar-refractivity contribution in [1.29, 1.82) is 0 Å². The number of hydrogen-bond acceptors (Lipinski definition) is 3. The molecule has 0 unspecified atom stereocenters. The Balaban J connectivity index is 1.60. The predicted molar refractivity (Wildman–Crippen MR) is 139 cm³/mol. The van der Waals surface area contributed by atoms with E-state index < -0.39 is 5.97 Å². The second kappa shape index (κ2) is 10.2. The van der Waals surface area contributed by atoms with E-state index in [1.165, 1.54) is 0 Å². The van der Waals surface area contributed by atoms with E-state index in [9.17, 15) is 9.59 Å². The van der Waals surface area contributed by atoms with Crippen LogP contribution in [0.1, 0.15) is 38.3 Å². The van der Waals surface area contributed by atoms with E-state index in [4.69, 9.17) is 4.74 Å². The Morgan fingerprint density at radius 3 is 1.66 bits per heavy atom. The summed E-state index contributed by atoms with van der Waals surface area (Å²) in [7, 11) is 0. The zero-order valence-electron chi connectivity index (χ0n) is 19.1. The van der Waals surface area contributed by atoms with Gasteiger partial charge in [0.25, 0.3) is 0 Å². The fourth-order valence-electron chi connectivity index (χ4n) is 4.48. The third-order valence-electron chi connectivity index (χ3n) is 6.17. The lowest BCUT2D eigenvalue weighted by atomic mass is 9.83. The van der Waals surface area contributed by atoms with Gasteiger partial charge in [0.15, 0.2) is 5.78 Å². The van der Waals surface area contributed by atoms with Crippen LogP contribution in [-0.4, -0.2) is 11.8 Å². The van der Waals surface area contributed by atoms with Gasteiger partial charge < -0.3 is 4.74 Å². The van der Waals surface area contributed by atoms with Gasteiger partial charge in [0.05, 0.1) is 5.56 Å². The molecule has 0 N–H and O–H groups in total. The largest absolute Gasteiger partial charge is 0.423 e. The maximum atomic E-state index is 13.3. The Hall–Kier alpha value is -4.50. The number of hydrogen-bond donors (Lipinski definition) is 0. The van der Waals surface area contributed by atoms with Crippen LogP contribution in [0, 0.1) is 5.92 Å². The first-order chi connectivity index (χ1) is 17.2. The van der Waals surface area contributed by atoms with Crippen LogP contribution in [0.25, 0.3) is 11.1 Å². The van der Waals surface area contributed by atoms with E-state index in [1.54, 1.807) is 12.1 Å². The number of ketones is 1.